The summed E-state index contributed by atoms with van der Waals surface area (Å²) in [6.45, 7) is 10.5. The Morgan fingerprint density at radius 2 is 1.54 bits per heavy atom. The van der Waals surface area contributed by atoms with Gasteiger partial charge in [0.15, 0.2) is 0 Å². The molecular formula is C28H37N3O6. The molecule has 2 aliphatic heterocycles. The molecule has 4 rings (SSSR count). The van der Waals surface area contributed by atoms with Gasteiger partial charge >= 0.3 is 0 Å². The highest BCUT2D eigenvalue weighted by molar-refractivity contribution is 6.35. The summed E-state index contributed by atoms with van der Waals surface area (Å²) in [7, 11) is 0. The van der Waals surface area contributed by atoms with Crippen molar-refractivity contribution in [1.29, 1.82) is 0 Å². The van der Waals surface area contributed by atoms with Crippen molar-refractivity contribution >= 4 is 29.2 Å². The number of anilines is 1. The molecule has 9 heteroatoms. The lowest BCUT2D eigenvalue weighted by atomic mass is 10.0. The summed E-state index contributed by atoms with van der Waals surface area (Å²) in [5.74, 6) is -0.236. The van der Waals surface area contributed by atoms with E-state index in [2.05, 4.69) is 23.3 Å². The molecule has 1 aromatic heterocycles. The van der Waals surface area contributed by atoms with E-state index in [1.54, 1.807) is 4.90 Å². The maximum atomic E-state index is 13.7. The van der Waals surface area contributed by atoms with Crippen molar-refractivity contribution in [2.75, 3.05) is 71.3 Å². The molecule has 37 heavy (non-hydrogen) atoms. The van der Waals surface area contributed by atoms with Crippen molar-refractivity contribution < 1.29 is 28.5 Å². The third-order valence-electron chi connectivity index (χ3n) is 6.67. The largest absolute Gasteiger partial charge is 0.377 e. The van der Waals surface area contributed by atoms with Gasteiger partial charge in [-0.1, -0.05) is 13.0 Å². The number of benzene rings is 1. The van der Waals surface area contributed by atoms with E-state index in [0.29, 0.717) is 77.1 Å². The zero-order chi connectivity index (χ0) is 26.2. The van der Waals surface area contributed by atoms with E-state index in [0.717, 1.165) is 40.2 Å². The second kappa shape index (κ2) is 13.0. The Morgan fingerprint density at radius 1 is 0.946 bits per heavy atom. The predicted octanol–water partition coefficient (Wildman–Crippen LogP) is 3.21. The first-order valence-electron chi connectivity index (χ1n) is 12.9. The van der Waals surface area contributed by atoms with Crippen LogP contribution in [0.25, 0.3) is 11.6 Å². The van der Waals surface area contributed by atoms with Crippen LogP contribution in [0.4, 0.5) is 5.69 Å². The fourth-order valence-electron chi connectivity index (χ4n) is 4.57. The molecule has 0 saturated carbocycles. The number of amides is 2. The number of carbonyl (C=O) groups excluding carboxylic acids is 2. The zero-order valence-corrected chi connectivity index (χ0v) is 22.0. The van der Waals surface area contributed by atoms with Gasteiger partial charge in [0, 0.05) is 35.7 Å². The summed E-state index contributed by atoms with van der Waals surface area (Å²) in [4.78, 5) is 31.5. The molecule has 1 fully saturated rings. The summed E-state index contributed by atoms with van der Waals surface area (Å²) in [6, 6.07) is 6.02. The van der Waals surface area contributed by atoms with Gasteiger partial charge in [-0.3, -0.25) is 9.59 Å². The Hall–Kier alpha value is -2.98. The zero-order valence-electron chi connectivity index (χ0n) is 22.0. The first-order valence-corrected chi connectivity index (χ1v) is 12.9. The van der Waals surface area contributed by atoms with Crippen LogP contribution in [0.1, 0.15) is 45.4 Å². The summed E-state index contributed by atoms with van der Waals surface area (Å²) in [6.07, 6.45) is 2.73. The smallest absolute Gasteiger partial charge is 0.256 e. The summed E-state index contributed by atoms with van der Waals surface area (Å²) < 4.78 is 22.3. The molecule has 200 valence electrons. The maximum absolute atomic E-state index is 13.7. The summed E-state index contributed by atoms with van der Waals surface area (Å²) >= 11 is 0. The normalized spacial score (nSPS) is 19.3. The number of hydrogen-bond donors (Lipinski definition) is 2. The Bertz CT molecular complexity index is 1120. The van der Waals surface area contributed by atoms with E-state index in [4.69, 9.17) is 18.9 Å². The Balaban J connectivity index is 1.54. The van der Waals surface area contributed by atoms with Crippen LogP contribution in [0.15, 0.2) is 18.2 Å². The Labute approximate surface area is 218 Å². The number of hydrogen-bond acceptors (Lipinski definition) is 6. The van der Waals surface area contributed by atoms with Crippen LogP contribution in [0.2, 0.25) is 0 Å². The lowest BCUT2D eigenvalue weighted by Crippen LogP contribution is -2.37. The molecule has 1 saturated heterocycles. The predicted molar refractivity (Wildman–Crippen MR) is 142 cm³/mol. The molecule has 2 N–H and O–H groups in total. The van der Waals surface area contributed by atoms with Crippen LogP contribution in [0.3, 0.4) is 0 Å². The highest BCUT2D eigenvalue weighted by atomic mass is 16.6. The van der Waals surface area contributed by atoms with E-state index in [1.807, 2.05) is 32.1 Å². The number of rotatable bonds is 3. The number of aromatic nitrogens is 1. The maximum Gasteiger partial charge on any atom is 0.256 e. The van der Waals surface area contributed by atoms with Crippen molar-refractivity contribution in [3.05, 3.63) is 51.8 Å². The van der Waals surface area contributed by atoms with Crippen LogP contribution < -0.4 is 5.32 Å². The van der Waals surface area contributed by atoms with Crippen LogP contribution in [-0.2, 0) is 30.2 Å². The minimum absolute atomic E-state index is 0.0931. The second-order valence-electron chi connectivity index (χ2n) is 9.15. The number of fused-ring (bicyclic) bond motifs is 1. The van der Waals surface area contributed by atoms with Gasteiger partial charge in [-0.25, -0.2) is 0 Å². The number of nitrogens with one attached hydrogen (secondary N) is 2. The minimum Gasteiger partial charge on any atom is -0.377 e. The highest BCUT2D eigenvalue weighted by Crippen LogP contribution is 2.35. The molecule has 0 unspecified atom stereocenters. The van der Waals surface area contributed by atoms with Crippen molar-refractivity contribution in [3.8, 4) is 0 Å². The second-order valence-corrected chi connectivity index (χ2v) is 9.15. The highest BCUT2D eigenvalue weighted by Gasteiger charge is 2.27. The number of aryl methyl sites for hydroxylation is 2. The average molecular weight is 512 g/mol. The number of H-pyrrole nitrogens is 1. The molecule has 1 aromatic carbocycles. The van der Waals surface area contributed by atoms with Gasteiger partial charge in [0.1, 0.15) is 0 Å². The fourth-order valence-corrected chi connectivity index (χ4v) is 4.57. The van der Waals surface area contributed by atoms with E-state index in [9.17, 15) is 9.59 Å². The number of ether oxygens (including phenoxy) is 4. The van der Waals surface area contributed by atoms with Crippen molar-refractivity contribution in [2.45, 2.75) is 27.2 Å². The average Bonchev–Trinajstić information content (AvgIpc) is 3.35. The topological polar surface area (TPSA) is 102 Å². The van der Waals surface area contributed by atoms with Crippen LogP contribution in [-0.4, -0.2) is 87.6 Å². The van der Waals surface area contributed by atoms with Crippen molar-refractivity contribution in [1.82, 2.24) is 9.88 Å². The van der Waals surface area contributed by atoms with E-state index >= 15 is 0 Å². The van der Waals surface area contributed by atoms with Crippen LogP contribution in [0, 0.1) is 13.8 Å². The minimum atomic E-state index is -0.143. The number of aromatic amines is 1. The van der Waals surface area contributed by atoms with Gasteiger partial charge in [0.25, 0.3) is 11.8 Å². The monoisotopic (exact) mass is 511 g/mol. The third kappa shape index (κ3) is 6.67. The molecule has 2 amide bonds. The summed E-state index contributed by atoms with van der Waals surface area (Å²) in [5.41, 5.74) is 6.38. The number of nitrogens with zero attached hydrogens (tertiary/aromatic N) is 1. The van der Waals surface area contributed by atoms with Crippen LogP contribution in [0.5, 0.6) is 0 Å². The molecular weight excluding hydrogens is 474 g/mol. The SMILES string of the molecule is CCc1ccc2c(c1)C(=Cc1[nH]c(C)c(C(=O)N3CCOCCOCCOCCOCC3)c1C)C(=O)N2. The molecule has 0 bridgehead atoms. The molecule has 9 nitrogen and oxygen atoms in total. The first-order chi connectivity index (χ1) is 18.0. The van der Waals surface area contributed by atoms with Gasteiger partial charge in [-0.15, -0.1) is 0 Å². The number of carbonyl (C=O) groups is 2. The molecule has 0 aliphatic carbocycles. The molecule has 2 aliphatic rings. The quantitative estimate of drug-likeness (QED) is 0.614. The molecule has 0 radical (unpaired) electrons. The van der Waals surface area contributed by atoms with Gasteiger partial charge in [0.05, 0.1) is 64.0 Å². The summed E-state index contributed by atoms with van der Waals surface area (Å²) in [5, 5.41) is 2.94. The molecule has 2 aromatic rings. The van der Waals surface area contributed by atoms with Gasteiger partial charge in [-0.05, 0) is 49.6 Å². The van der Waals surface area contributed by atoms with Gasteiger partial charge in [0.2, 0.25) is 0 Å². The van der Waals surface area contributed by atoms with Crippen molar-refractivity contribution in [2.24, 2.45) is 0 Å². The van der Waals surface area contributed by atoms with E-state index < -0.39 is 0 Å². The van der Waals surface area contributed by atoms with Crippen molar-refractivity contribution in [3.63, 3.8) is 0 Å². The van der Waals surface area contributed by atoms with E-state index in [1.165, 1.54) is 0 Å². The van der Waals surface area contributed by atoms with Gasteiger partial charge in [-0.2, -0.15) is 0 Å². The molecule has 0 atom stereocenters. The Morgan fingerprint density at radius 3 is 2.14 bits per heavy atom. The van der Waals surface area contributed by atoms with Gasteiger partial charge < -0.3 is 34.1 Å². The van der Waals surface area contributed by atoms with Crippen LogP contribution >= 0.6 is 0 Å². The van der Waals surface area contributed by atoms with E-state index in [-0.39, 0.29) is 11.8 Å². The molecule has 3 heterocycles. The first kappa shape index (κ1) is 27.1. The Kier molecular flexibility index (Phi) is 9.51. The standard InChI is InChI=1S/C28H37N3O6/c1-4-21-5-6-24-22(17-21)23(27(32)30-24)18-25-19(2)26(20(3)29-25)28(33)31-7-9-34-11-13-36-15-16-37-14-12-35-10-8-31/h5-6,17-18,29H,4,7-16H2,1-3H3,(H,30,32). The third-order valence-corrected chi connectivity index (χ3v) is 6.67. The lowest BCUT2D eigenvalue weighted by molar-refractivity contribution is -0.110. The lowest BCUT2D eigenvalue weighted by Gasteiger charge is -2.23. The molecule has 0 spiro atoms. The fraction of sp³-hybridized carbons (Fsp3) is 0.500.